The minimum absolute atomic E-state index is 0.143. The number of carbonyl (C=O) groups is 2. The molecule has 0 aromatic carbocycles. The van der Waals surface area contributed by atoms with E-state index in [4.69, 9.17) is 5.11 Å². The Morgan fingerprint density at radius 1 is 0.618 bits per heavy atom. The second-order valence-electron chi connectivity index (χ2n) is 11.0. The Hall–Kier alpha value is -1.16. The normalized spacial score (nSPS) is 12.0. The topological polar surface area (TPSA) is 54.4 Å². The fourth-order valence-electron chi connectivity index (χ4n) is 4.53. The van der Waals surface area contributed by atoms with Crippen LogP contribution in [-0.2, 0) is 9.59 Å². The smallest absolute Gasteiger partial charge is 0.359 e. The molecular weight excluding hydrogens is 422 g/mol. The minimum atomic E-state index is -0.761. The number of rotatable bonds is 26. The van der Waals surface area contributed by atoms with Gasteiger partial charge >= 0.3 is 5.97 Å². The van der Waals surface area contributed by atoms with Gasteiger partial charge in [0, 0.05) is 12.8 Å². The molecule has 0 aliphatic carbocycles. The van der Waals surface area contributed by atoms with E-state index in [9.17, 15) is 9.59 Å². The van der Waals surface area contributed by atoms with Crippen molar-refractivity contribution in [2.75, 3.05) is 27.2 Å². The van der Waals surface area contributed by atoms with Gasteiger partial charge in [0.2, 0.25) is 0 Å². The first-order chi connectivity index (χ1) is 16.4. The molecule has 0 spiro atoms. The number of carbonyl (C=O) groups excluding carboxylic acids is 1. The number of carboxylic acid groups (broad SMARTS) is 1. The van der Waals surface area contributed by atoms with E-state index in [2.05, 4.69) is 19.1 Å². The molecule has 4 heteroatoms. The van der Waals surface area contributed by atoms with E-state index in [0.717, 1.165) is 32.2 Å². The molecule has 0 radical (unpaired) electrons. The minimum Gasteiger partial charge on any atom is -0.477 e. The van der Waals surface area contributed by atoms with Gasteiger partial charge < -0.3 is 9.59 Å². The lowest BCUT2D eigenvalue weighted by atomic mass is 10.0. The summed E-state index contributed by atoms with van der Waals surface area (Å²) in [6.45, 7) is 3.23. The first-order valence-electron chi connectivity index (χ1n) is 14.6. The summed E-state index contributed by atoms with van der Waals surface area (Å²) >= 11 is 0. The average Bonchev–Trinajstić information content (AvgIpc) is 2.77. The zero-order chi connectivity index (χ0) is 25.3. The van der Waals surface area contributed by atoms with Gasteiger partial charge in [0.15, 0.2) is 6.54 Å². The summed E-state index contributed by atoms with van der Waals surface area (Å²) in [5.41, 5.74) is 0. The summed E-state index contributed by atoms with van der Waals surface area (Å²) in [6, 6.07) is 0. The molecule has 1 N–H and O–H groups in total. The third kappa shape index (κ3) is 25.5. The maximum atomic E-state index is 12.0. The van der Waals surface area contributed by atoms with Crippen molar-refractivity contribution in [3.8, 4) is 0 Å². The molecule has 0 aliphatic rings. The summed E-state index contributed by atoms with van der Waals surface area (Å²) in [6.07, 6.45) is 30.4. The Bertz CT molecular complexity index is 513. The fourth-order valence-corrected chi connectivity index (χ4v) is 4.53. The predicted molar refractivity (Wildman–Crippen MR) is 146 cm³/mol. The van der Waals surface area contributed by atoms with Crippen LogP contribution >= 0.6 is 0 Å². The van der Waals surface area contributed by atoms with Gasteiger partial charge in [-0.1, -0.05) is 96.1 Å². The third-order valence-corrected chi connectivity index (χ3v) is 6.75. The number of hydrogen-bond acceptors (Lipinski definition) is 2. The number of quaternary nitrogens is 1. The van der Waals surface area contributed by atoms with Crippen molar-refractivity contribution in [1.82, 2.24) is 0 Å². The quantitative estimate of drug-likeness (QED) is 0.0767. The number of unbranched alkanes of at least 4 members (excludes halogenated alkanes) is 16. The van der Waals surface area contributed by atoms with Crippen molar-refractivity contribution in [3.05, 3.63) is 12.2 Å². The molecule has 0 fully saturated rings. The van der Waals surface area contributed by atoms with Crippen LogP contribution < -0.4 is 0 Å². The van der Waals surface area contributed by atoms with Gasteiger partial charge in [-0.05, 0) is 44.9 Å². The Morgan fingerprint density at radius 2 is 1.03 bits per heavy atom. The van der Waals surface area contributed by atoms with Gasteiger partial charge in [0.05, 0.1) is 20.6 Å². The van der Waals surface area contributed by atoms with Crippen LogP contribution in [0.1, 0.15) is 142 Å². The number of aliphatic carboxylic acids is 1. The Labute approximate surface area is 212 Å². The Kier molecular flexibility index (Phi) is 22.8. The first-order valence-corrected chi connectivity index (χ1v) is 14.6. The first kappa shape index (κ1) is 32.8. The molecule has 34 heavy (non-hydrogen) atoms. The average molecular weight is 481 g/mol. The zero-order valence-corrected chi connectivity index (χ0v) is 23.1. The monoisotopic (exact) mass is 480 g/mol. The summed E-state index contributed by atoms with van der Waals surface area (Å²) in [5, 5.41) is 8.91. The second kappa shape index (κ2) is 23.6. The predicted octanol–water partition coefficient (Wildman–Crippen LogP) is 8.48. The molecule has 4 nitrogen and oxygen atoms in total. The van der Waals surface area contributed by atoms with E-state index in [-0.39, 0.29) is 6.54 Å². The standard InChI is InChI=1S/C30H57NO3/c1-4-5-6-7-8-9-10-11-12-13-14-15-16-17-18-19-20-21-22-25-29(32)26-23-24-27-31(2,3)28-30(33)34/h11-12H,4-10,13-28H2,1-3H3/p+1/b12-11+. The molecule has 0 saturated heterocycles. The van der Waals surface area contributed by atoms with E-state index in [1.165, 1.54) is 103 Å². The van der Waals surface area contributed by atoms with Gasteiger partial charge in [0.1, 0.15) is 5.78 Å². The van der Waals surface area contributed by atoms with Crippen LogP contribution in [0.2, 0.25) is 0 Å². The van der Waals surface area contributed by atoms with Crippen LogP contribution in [0, 0.1) is 0 Å². The molecule has 0 rings (SSSR count). The molecular formula is C30H58NO3+. The van der Waals surface area contributed by atoms with Crippen molar-refractivity contribution in [3.63, 3.8) is 0 Å². The lowest BCUT2D eigenvalue weighted by Crippen LogP contribution is -2.44. The van der Waals surface area contributed by atoms with Gasteiger partial charge in [-0.2, -0.15) is 0 Å². The number of allylic oxidation sites excluding steroid dienone is 2. The highest BCUT2D eigenvalue weighted by atomic mass is 16.4. The van der Waals surface area contributed by atoms with Crippen molar-refractivity contribution < 1.29 is 19.2 Å². The molecule has 200 valence electrons. The van der Waals surface area contributed by atoms with Gasteiger partial charge in [-0.25, -0.2) is 4.79 Å². The van der Waals surface area contributed by atoms with Gasteiger partial charge in [-0.15, -0.1) is 0 Å². The second-order valence-corrected chi connectivity index (χ2v) is 11.0. The summed E-state index contributed by atoms with van der Waals surface area (Å²) in [4.78, 5) is 22.9. The molecule has 0 amide bonds. The number of hydrogen-bond donors (Lipinski definition) is 1. The maximum absolute atomic E-state index is 12.0. The van der Waals surface area contributed by atoms with Crippen LogP contribution in [0.5, 0.6) is 0 Å². The van der Waals surface area contributed by atoms with Gasteiger partial charge in [-0.3, -0.25) is 4.79 Å². The number of Topliss-reactive ketones (excluding diaryl/α,β-unsaturated/α-hetero) is 1. The summed E-state index contributed by atoms with van der Waals surface area (Å²) in [5.74, 6) is -0.382. The molecule has 0 atom stereocenters. The molecule has 0 unspecified atom stereocenters. The Morgan fingerprint density at radius 3 is 1.50 bits per heavy atom. The molecule has 0 saturated carbocycles. The number of likely N-dealkylation sites (N-methyl/N-ethyl adjacent to an activating group) is 1. The number of carboxylic acids is 1. The van der Waals surface area contributed by atoms with E-state index < -0.39 is 5.97 Å². The molecule has 0 aromatic heterocycles. The number of nitrogens with zero attached hydrogens (tertiary/aromatic N) is 1. The highest BCUT2D eigenvalue weighted by Gasteiger charge is 2.18. The van der Waals surface area contributed by atoms with Crippen LogP contribution in [0.25, 0.3) is 0 Å². The molecule has 0 bridgehead atoms. The number of ketones is 1. The SMILES string of the molecule is CCCCCCCC/C=C/CCCCCCCCCCCC(=O)CCCC[N+](C)(C)CC(=O)O. The highest BCUT2D eigenvalue weighted by molar-refractivity contribution is 5.78. The zero-order valence-electron chi connectivity index (χ0n) is 23.1. The van der Waals surface area contributed by atoms with Crippen molar-refractivity contribution >= 4 is 11.8 Å². The van der Waals surface area contributed by atoms with E-state index in [1.807, 2.05) is 14.1 Å². The Balaban J connectivity index is 3.32. The largest absolute Gasteiger partial charge is 0.477 e. The van der Waals surface area contributed by atoms with E-state index >= 15 is 0 Å². The van der Waals surface area contributed by atoms with Crippen LogP contribution in [-0.4, -0.2) is 48.5 Å². The lowest BCUT2D eigenvalue weighted by molar-refractivity contribution is -0.883. The van der Waals surface area contributed by atoms with Gasteiger partial charge in [0.25, 0.3) is 0 Å². The highest BCUT2D eigenvalue weighted by Crippen LogP contribution is 2.13. The maximum Gasteiger partial charge on any atom is 0.359 e. The third-order valence-electron chi connectivity index (χ3n) is 6.75. The van der Waals surface area contributed by atoms with Crippen molar-refractivity contribution in [2.24, 2.45) is 0 Å². The van der Waals surface area contributed by atoms with Crippen LogP contribution in [0.4, 0.5) is 0 Å². The lowest BCUT2D eigenvalue weighted by Gasteiger charge is -2.27. The fraction of sp³-hybridized carbons (Fsp3) is 0.867. The van der Waals surface area contributed by atoms with Crippen LogP contribution in [0.3, 0.4) is 0 Å². The molecule has 0 heterocycles. The van der Waals surface area contributed by atoms with Crippen LogP contribution in [0.15, 0.2) is 12.2 Å². The summed E-state index contributed by atoms with van der Waals surface area (Å²) in [7, 11) is 3.87. The molecule has 0 aromatic rings. The van der Waals surface area contributed by atoms with Crippen molar-refractivity contribution in [2.45, 2.75) is 142 Å². The van der Waals surface area contributed by atoms with Crippen molar-refractivity contribution in [1.29, 1.82) is 0 Å². The summed E-state index contributed by atoms with van der Waals surface area (Å²) < 4.78 is 0.486. The van der Waals surface area contributed by atoms with E-state index in [0.29, 0.717) is 16.7 Å². The molecule has 0 aliphatic heterocycles. The van der Waals surface area contributed by atoms with E-state index in [1.54, 1.807) is 0 Å².